The van der Waals surface area contributed by atoms with Gasteiger partial charge in [0.1, 0.15) is 33.9 Å². The van der Waals surface area contributed by atoms with Crippen LogP contribution in [0.4, 0.5) is 10.1 Å². The molecular weight excluding hydrogens is 387 g/mol. The number of benzene rings is 3. The number of carbonyl (C=O) groups excluding carboxylic acids is 1. The highest BCUT2D eigenvalue weighted by molar-refractivity contribution is 6.09. The Labute approximate surface area is 172 Å². The number of fused-ring (bicyclic) bond motifs is 1. The molecule has 4 aromatic rings. The van der Waals surface area contributed by atoms with Gasteiger partial charge in [-0.05, 0) is 61.0 Å². The standard InChI is InChI=1S/C22H19FN4O3/c1-13-11-17-18(26-27(25-17)15-9-7-14(23)8-10-15)12-16(13)24-22(28)21-19(29-2)5-4-6-20(21)30-3/h4-12H,1-3H3,(H,24,28). The third kappa shape index (κ3) is 3.55. The molecule has 0 spiro atoms. The van der Waals surface area contributed by atoms with Gasteiger partial charge in [0.2, 0.25) is 0 Å². The normalized spacial score (nSPS) is 10.8. The number of halogens is 1. The van der Waals surface area contributed by atoms with Crippen LogP contribution < -0.4 is 14.8 Å². The molecule has 152 valence electrons. The Bertz CT molecular complexity index is 1210. The van der Waals surface area contributed by atoms with E-state index in [1.165, 1.54) is 31.1 Å². The molecule has 0 atom stereocenters. The van der Waals surface area contributed by atoms with E-state index in [0.717, 1.165) is 5.56 Å². The average Bonchev–Trinajstić information content (AvgIpc) is 3.16. The first-order chi connectivity index (χ1) is 14.5. The van der Waals surface area contributed by atoms with E-state index in [1.807, 2.05) is 13.0 Å². The van der Waals surface area contributed by atoms with Crippen LogP contribution in [0.1, 0.15) is 15.9 Å². The predicted octanol–water partition coefficient (Wildman–Crippen LogP) is 4.14. The van der Waals surface area contributed by atoms with Crippen LogP contribution in [-0.4, -0.2) is 35.1 Å². The van der Waals surface area contributed by atoms with E-state index in [2.05, 4.69) is 15.5 Å². The first-order valence-electron chi connectivity index (χ1n) is 9.16. The Morgan fingerprint density at radius 3 is 2.17 bits per heavy atom. The third-order valence-corrected chi connectivity index (χ3v) is 4.69. The monoisotopic (exact) mass is 406 g/mol. The summed E-state index contributed by atoms with van der Waals surface area (Å²) >= 11 is 0. The minimum atomic E-state index is -0.363. The van der Waals surface area contributed by atoms with E-state index in [1.54, 1.807) is 36.4 Å². The molecule has 7 nitrogen and oxygen atoms in total. The van der Waals surface area contributed by atoms with Crippen LogP contribution in [-0.2, 0) is 0 Å². The van der Waals surface area contributed by atoms with Gasteiger partial charge in [-0.1, -0.05) is 6.07 Å². The van der Waals surface area contributed by atoms with Crippen LogP contribution >= 0.6 is 0 Å². The number of rotatable bonds is 5. The lowest BCUT2D eigenvalue weighted by Crippen LogP contribution is -2.15. The molecule has 3 aromatic carbocycles. The second-order valence-corrected chi connectivity index (χ2v) is 6.61. The van der Waals surface area contributed by atoms with E-state index >= 15 is 0 Å². The highest BCUT2D eigenvalue weighted by Gasteiger charge is 2.19. The molecule has 4 rings (SSSR count). The van der Waals surface area contributed by atoms with Crippen LogP contribution in [0, 0.1) is 12.7 Å². The van der Waals surface area contributed by atoms with E-state index in [9.17, 15) is 9.18 Å². The van der Waals surface area contributed by atoms with Crippen molar-refractivity contribution in [2.24, 2.45) is 0 Å². The average molecular weight is 406 g/mol. The maximum absolute atomic E-state index is 13.2. The largest absolute Gasteiger partial charge is 0.496 e. The third-order valence-electron chi connectivity index (χ3n) is 4.69. The molecule has 1 amide bonds. The predicted molar refractivity (Wildman–Crippen MR) is 111 cm³/mol. The summed E-state index contributed by atoms with van der Waals surface area (Å²) in [6, 6.07) is 14.6. The molecule has 0 radical (unpaired) electrons. The van der Waals surface area contributed by atoms with Crippen LogP contribution in [0.5, 0.6) is 11.5 Å². The second-order valence-electron chi connectivity index (χ2n) is 6.61. The summed E-state index contributed by atoms with van der Waals surface area (Å²) in [5.41, 5.74) is 3.59. The lowest BCUT2D eigenvalue weighted by atomic mass is 10.1. The molecule has 0 bridgehead atoms. The number of aryl methyl sites for hydroxylation is 1. The number of aromatic nitrogens is 3. The molecule has 8 heteroatoms. The summed E-state index contributed by atoms with van der Waals surface area (Å²) < 4.78 is 23.8. The molecule has 0 saturated heterocycles. The Morgan fingerprint density at radius 2 is 1.57 bits per heavy atom. The fraction of sp³-hybridized carbons (Fsp3) is 0.136. The number of hydrogen-bond acceptors (Lipinski definition) is 5. The zero-order valence-electron chi connectivity index (χ0n) is 16.6. The Balaban J connectivity index is 1.69. The van der Waals surface area contributed by atoms with Gasteiger partial charge in [0.25, 0.3) is 5.91 Å². The SMILES string of the molecule is COc1cccc(OC)c1C(=O)Nc1cc2nn(-c3ccc(F)cc3)nc2cc1C. The summed E-state index contributed by atoms with van der Waals surface area (Å²) in [5.74, 6) is 0.126. The number of hydrogen-bond donors (Lipinski definition) is 1. The van der Waals surface area contributed by atoms with E-state index in [-0.39, 0.29) is 11.7 Å². The number of amides is 1. The molecule has 0 aliphatic heterocycles. The number of anilines is 1. The lowest BCUT2D eigenvalue weighted by Gasteiger charge is -2.14. The fourth-order valence-electron chi connectivity index (χ4n) is 3.15. The number of methoxy groups -OCH3 is 2. The van der Waals surface area contributed by atoms with Gasteiger partial charge in [0, 0.05) is 5.69 Å². The number of ether oxygens (including phenoxy) is 2. The van der Waals surface area contributed by atoms with Crippen molar-refractivity contribution in [3.8, 4) is 17.2 Å². The summed E-state index contributed by atoms with van der Waals surface area (Å²) in [6.45, 7) is 1.87. The summed E-state index contributed by atoms with van der Waals surface area (Å²) in [4.78, 5) is 14.4. The Hall–Kier alpha value is -3.94. The van der Waals surface area contributed by atoms with Crippen molar-refractivity contribution in [2.75, 3.05) is 19.5 Å². The minimum absolute atomic E-state index is 0.303. The first kappa shape index (κ1) is 19.4. The molecule has 30 heavy (non-hydrogen) atoms. The van der Waals surface area contributed by atoms with E-state index < -0.39 is 0 Å². The first-order valence-corrected chi connectivity index (χ1v) is 9.16. The van der Waals surface area contributed by atoms with Crippen LogP contribution in [0.25, 0.3) is 16.7 Å². The highest BCUT2D eigenvalue weighted by atomic mass is 19.1. The van der Waals surface area contributed by atoms with E-state index in [0.29, 0.717) is 39.5 Å². The topological polar surface area (TPSA) is 78.3 Å². The van der Waals surface area contributed by atoms with Gasteiger partial charge in [0.15, 0.2) is 0 Å². The molecule has 1 heterocycles. The quantitative estimate of drug-likeness (QED) is 0.539. The zero-order chi connectivity index (χ0) is 21.3. The maximum atomic E-state index is 13.2. The molecular formula is C22H19FN4O3. The molecule has 0 saturated carbocycles. The van der Waals surface area contributed by atoms with Crippen molar-refractivity contribution in [3.63, 3.8) is 0 Å². The van der Waals surface area contributed by atoms with Gasteiger partial charge in [-0.15, -0.1) is 10.2 Å². The fourth-order valence-corrected chi connectivity index (χ4v) is 3.15. The Morgan fingerprint density at radius 1 is 0.967 bits per heavy atom. The van der Waals surface area contributed by atoms with Gasteiger partial charge >= 0.3 is 0 Å². The van der Waals surface area contributed by atoms with Crippen molar-refractivity contribution in [2.45, 2.75) is 6.92 Å². The van der Waals surface area contributed by atoms with Crippen molar-refractivity contribution >= 4 is 22.6 Å². The lowest BCUT2D eigenvalue weighted by molar-refractivity contribution is 0.102. The van der Waals surface area contributed by atoms with Crippen LogP contribution in [0.3, 0.4) is 0 Å². The number of carbonyl (C=O) groups is 1. The highest BCUT2D eigenvalue weighted by Crippen LogP contribution is 2.30. The molecule has 1 N–H and O–H groups in total. The summed E-state index contributed by atoms with van der Waals surface area (Å²) in [6.07, 6.45) is 0. The molecule has 0 fully saturated rings. The number of nitrogens with zero attached hydrogens (tertiary/aromatic N) is 3. The smallest absolute Gasteiger partial charge is 0.263 e. The second kappa shape index (κ2) is 7.82. The van der Waals surface area contributed by atoms with Crippen molar-refractivity contribution in [1.29, 1.82) is 0 Å². The molecule has 1 aromatic heterocycles. The number of nitrogens with one attached hydrogen (secondary N) is 1. The molecule has 0 unspecified atom stereocenters. The van der Waals surface area contributed by atoms with Crippen molar-refractivity contribution in [1.82, 2.24) is 15.0 Å². The summed E-state index contributed by atoms with van der Waals surface area (Å²) in [5, 5.41) is 11.8. The van der Waals surface area contributed by atoms with Crippen molar-refractivity contribution < 1.29 is 18.7 Å². The molecule has 0 aliphatic rings. The van der Waals surface area contributed by atoms with Gasteiger partial charge in [0.05, 0.1) is 19.9 Å². The van der Waals surface area contributed by atoms with E-state index in [4.69, 9.17) is 9.47 Å². The summed E-state index contributed by atoms with van der Waals surface area (Å²) in [7, 11) is 2.99. The van der Waals surface area contributed by atoms with Crippen LogP contribution in [0.15, 0.2) is 54.6 Å². The van der Waals surface area contributed by atoms with Gasteiger partial charge in [-0.2, -0.15) is 4.80 Å². The zero-order valence-corrected chi connectivity index (χ0v) is 16.6. The van der Waals surface area contributed by atoms with Crippen LogP contribution in [0.2, 0.25) is 0 Å². The maximum Gasteiger partial charge on any atom is 0.263 e. The minimum Gasteiger partial charge on any atom is -0.496 e. The van der Waals surface area contributed by atoms with Crippen molar-refractivity contribution in [3.05, 3.63) is 71.5 Å². The molecule has 0 aliphatic carbocycles. The van der Waals surface area contributed by atoms with Gasteiger partial charge in [-0.25, -0.2) is 4.39 Å². The Kier molecular flexibility index (Phi) is 5.05. The van der Waals surface area contributed by atoms with Gasteiger partial charge in [-0.3, -0.25) is 4.79 Å². The van der Waals surface area contributed by atoms with Gasteiger partial charge < -0.3 is 14.8 Å².